The summed E-state index contributed by atoms with van der Waals surface area (Å²) in [7, 11) is 3.41. The molecule has 0 saturated carbocycles. The van der Waals surface area contributed by atoms with Crippen LogP contribution in [0.5, 0.6) is 11.5 Å². The Bertz CT molecular complexity index is 590. The first-order valence-corrected chi connectivity index (χ1v) is 6.73. The fourth-order valence-corrected chi connectivity index (χ4v) is 2.02. The Balaban J connectivity index is 1.93. The van der Waals surface area contributed by atoms with E-state index in [2.05, 4.69) is 0 Å². The molecule has 0 bridgehead atoms. The first-order valence-electron chi connectivity index (χ1n) is 6.73. The largest absolute Gasteiger partial charge is 0.508 e. The van der Waals surface area contributed by atoms with Crippen LogP contribution in [0.2, 0.25) is 0 Å². The van der Waals surface area contributed by atoms with Crippen molar-refractivity contribution in [2.24, 2.45) is 0 Å². The summed E-state index contributed by atoms with van der Waals surface area (Å²) in [6.45, 7) is 0.556. The van der Waals surface area contributed by atoms with Gasteiger partial charge < -0.3 is 14.7 Å². The molecule has 0 unspecified atom stereocenters. The molecule has 0 aliphatic heterocycles. The minimum Gasteiger partial charge on any atom is -0.508 e. The van der Waals surface area contributed by atoms with Gasteiger partial charge in [-0.25, -0.2) is 0 Å². The summed E-state index contributed by atoms with van der Waals surface area (Å²) >= 11 is 0. The van der Waals surface area contributed by atoms with Gasteiger partial charge in [0.25, 0.3) is 0 Å². The SMILES string of the molecule is COc1ccc(CN(C)C(=O)Cc2ccc(O)cc2)cc1. The number of phenolic OH excluding ortho intramolecular Hbond substituents is 1. The van der Waals surface area contributed by atoms with Crippen molar-refractivity contribution in [3.05, 3.63) is 59.7 Å². The maximum absolute atomic E-state index is 12.2. The third-order valence-corrected chi connectivity index (χ3v) is 3.30. The van der Waals surface area contributed by atoms with Gasteiger partial charge in [-0.1, -0.05) is 24.3 Å². The molecule has 4 heteroatoms. The molecule has 0 atom stereocenters. The van der Waals surface area contributed by atoms with Gasteiger partial charge in [-0.3, -0.25) is 4.79 Å². The molecular formula is C17H19NO3. The van der Waals surface area contributed by atoms with E-state index in [9.17, 15) is 9.90 Å². The molecule has 0 aromatic heterocycles. The van der Waals surface area contributed by atoms with Crippen molar-refractivity contribution in [1.29, 1.82) is 0 Å². The number of amides is 1. The molecule has 2 aromatic rings. The maximum Gasteiger partial charge on any atom is 0.227 e. The lowest BCUT2D eigenvalue weighted by molar-refractivity contribution is -0.129. The number of methoxy groups -OCH3 is 1. The summed E-state index contributed by atoms with van der Waals surface area (Å²) in [5.74, 6) is 1.05. The van der Waals surface area contributed by atoms with Gasteiger partial charge in [-0.05, 0) is 35.4 Å². The predicted octanol–water partition coefficient (Wildman–Crippen LogP) is 2.60. The molecule has 0 aliphatic rings. The number of nitrogens with zero attached hydrogens (tertiary/aromatic N) is 1. The zero-order valence-electron chi connectivity index (χ0n) is 12.2. The topological polar surface area (TPSA) is 49.8 Å². The number of likely N-dealkylation sites (N-methyl/N-ethyl adjacent to an activating group) is 1. The van der Waals surface area contributed by atoms with E-state index in [-0.39, 0.29) is 11.7 Å². The van der Waals surface area contributed by atoms with Crippen molar-refractivity contribution in [2.75, 3.05) is 14.2 Å². The molecule has 0 saturated heterocycles. The molecule has 0 radical (unpaired) electrons. The number of hydrogen-bond donors (Lipinski definition) is 1. The van der Waals surface area contributed by atoms with E-state index >= 15 is 0 Å². The van der Waals surface area contributed by atoms with Crippen LogP contribution in [0, 0.1) is 0 Å². The fourth-order valence-electron chi connectivity index (χ4n) is 2.02. The smallest absolute Gasteiger partial charge is 0.227 e. The highest BCUT2D eigenvalue weighted by molar-refractivity contribution is 5.78. The van der Waals surface area contributed by atoms with Crippen LogP contribution in [0.1, 0.15) is 11.1 Å². The Labute approximate surface area is 124 Å². The Kier molecular flexibility index (Phi) is 4.82. The summed E-state index contributed by atoms with van der Waals surface area (Å²) in [6.07, 6.45) is 0.326. The van der Waals surface area contributed by atoms with Gasteiger partial charge in [0, 0.05) is 13.6 Å². The highest BCUT2D eigenvalue weighted by atomic mass is 16.5. The van der Waals surface area contributed by atoms with Gasteiger partial charge in [0.05, 0.1) is 13.5 Å². The molecular weight excluding hydrogens is 266 g/mol. The third kappa shape index (κ3) is 4.24. The highest BCUT2D eigenvalue weighted by Gasteiger charge is 2.10. The minimum atomic E-state index is 0.0384. The third-order valence-electron chi connectivity index (χ3n) is 3.30. The first kappa shape index (κ1) is 14.9. The van der Waals surface area contributed by atoms with Gasteiger partial charge in [-0.2, -0.15) is 0 Å². The van der Waals surface area contributed by atoms with Crippen molar-refractivity contribution in [3.8, 4) is 11.5 Å². The number of carbonyl (C=O) groups is 1. The van der Waals surface area contributed by atoms with E-state index < -0.39 is 0 Å². The van der Waals surface area contributed by atoms with Gasteiger partial charge in [0.1, 0.15) is 11.5 Å². The van der Waals surface area contributed by atoms with Crippen molar-refractivity contribution >= 4 is 5.91 Å². The van der Waals surface area contributed by atoms with Gasteiger partial charge in [-0.15, -0.1) is 0 Å². The monoisotopic (exact) mass is 285 g/mol. The van der Waals surface area contributed by atoms with E-state index in [1.807, 2.05) is 24.3 Å². The molecule has 2 aromatic carbocycles. The molecule has 0 spiro atoms. The number of phenols is 1. The second-order valence-electron chi connectivity index (χ2n) is 4.94. The lowest BCUT2D eigenvalue weighted by atomic mass is 10.1. The van der Waals surface area contributed by atoms with Crippen molar-refractivity contribution in [1.82, 2.24) is 4.90 Å². The number of rotatable bonds is 5. The van der Waals surface area contributed by atoms with Crippen LogP contribution in [-0.2, 0) is 17.8 Å². The van der Waals surface area contributed by atoms with E-state index in [1.54, 1.807) is 43.3 Å². The summed E-state index contributed by atoms with van der Waals surface area (Å²) in [6, 6.07) is 14.4. The average Bonchev–Trinajstić information content (AvgIpc) is 2.50. The molecule has 1 amide bonds. The molecule has 0 heterocycles. The van der Waals surface area contributed by atoms with Gasteiger partial charge in [0.2, 0.25) is 5.91 Å². The zero-order valence-corrected chi connectivity index (χ0v) is 12.2. The quantitative estimate of drug-likeness (QED) is 0.918. The van der Waals surface area contributed by atoms with Crippen LogP contribution >= 0.6 is 0 Å². The van der Waals surface area contributed by atoms with Crippen LogP contribution in [0.15, 0.2) is 48.5 Å². The average molecular weight is 285 g/mol. The van der Waals surface area contributed by atoms with E-state index in [0.29, 0.717) is 13.0 Å². The number of benzene rings is 2. The second-order valence-corrected chi connectivity index (χ2v) is 4.94. The minimum absolute atomic E-state index is 0.0384. The Morgan fingerprint density at radius 1 is 1.05 bits per heavy atom. The number of ether oxygens (including phenoxy) is 1. The summed E-state index contributed by atoms with van der Waals surface area (Å²) < 4.78 is 5.11. The van der Waals surface area contributed by atoms with Crippen LogP contribution in [0.25, 0.3) is 0 Å². The number of aromatic hydroxyl groups is 1. The molecule has 110 valence electrons. The van der Waals surface area contributed by atoms with Crippen molar-refractivity contribution in [3.63, 3.8) is 0 Å². The molecule has 4 nitrogen and oxygen atoms in total. The van der Waals surface area contributed by atoms with E-state index in [0.717, 1.165) is 16.9 Å². The fraction of sp³-hybridized carbons (Fsp3) is 0.235. The lowest BCUT2D eigenvalue weighted by Gasteiger charge is -2.17. The van der Waals surface area contributed by atoms with Crippen LogP contribution in [0.3, 0.4) is 0 Å². The number of carbonyl (C=O) groups excluding carboxylic acids is 1. The summed E-state index contributed by atoms with van der Waals surface area (Å²) in [4.78, 5) is 13.9. The molecule has 0 aliphatic carbocycles. The first-order chi connectivity index (χ1) is 10.1. The van der Waals surface area contributed by atoms with Crippen molar-refractivity contribution < 1.29 is 14.6 Å². The molecule has 0 fully saturated rings. The second kappa shape index (κ2) is 6.79. The van der Waals surface area contributed by atoms with Crippen LogP contribution in [-0.4, -0.2) is 30.1 Å². The Morgan fingerprint density at radius 2 is 1.62 bits per heavy atom. The Hall–Kier alpha value is -2.49. The number of hydrogen-bond acceptors (Lipinski definition) is 3. The molecule has 21 heavy (non-hydrogen) atoms. The molecule has 2 rings (SSSR count). The summed E-state index contributed by atoms with van der Waals surface area (Å²) in [5, 5.41) is 9.23. The molecule has 1 N–H and O–H groups in total. The normalized spacial score (nSPS) is 10.2. The predicted molar refractivity (Wildman–Crippen MR) is 81.3 cm³/mol. The van der Waals surface area contributed by atoms with Gasteiger partial charge >= 0.3 is 0 Å². The van der Waals surface area contributed by atoms with E-state index in [4.69, 9.17) is 4.74 Å². The summed E-state index contributed by atoms with van der Waals surface area (Å²) in [5.41, 5.74) is 1.94. The van der Waals surface area contributed by atoms with E-state index in [1.165, 1.54) is 0 Å². The van der Waals surface area contributed by atoms with Gasteiger partial charge in [0.15, 0.2) is 0 Å². The maximum atomic E-state index is 12.2. The van der Waals surface area contributed by atoms with Crippen LogP contribution in [0.4, 0.5) is 0 Å². The highest BCUT2D eigenvalue weighted by Crippen LogP contribution is 2.14. The lowest BCUT2D eigenvalue weighted by Crippen LogP contribution is -2.27. The van der Waals surface area contributed by atoms with Crippen molar-refractivity contribution in [2.45, 2.75) is 13.0 Å². The zero-order chi connectivity index (χ0) is 15.2. The Morgan fingerprint density at radius 3 is 2.19 bits per heavy atom. The standard InChI is InChI=1S/C17H19NO3/c1-18(12-14-5-9-16(21-2)10-6-14)17(20)11-13-3-7-15(19)8-4-13/h3-10,19H,11-12H2,1-2H3. The van der Waals surface area contributed by atoms with Crippen LogP contribution < -0.4 is 4.74 Å².